The summed E-state index contributed by atoms with van der Waals surface area (Å²) in [5.74, 6) is 0. The van der Waals surface area contributed by atoms with Crippen LogP contribution in [0.5, 0.6) is 0 Å². The van der Waals surface area contributed by atoms with Crippen LogP contribution in [0.25, 0.3) is 0 Å². The molecule has 2 fully saturated rings. The maximum absolute atomic E-state index is 12.2. The highest BCUT2D eigenvalue weighted by Crippen LogP contribution is 2.29. The molecular weight excluding hydrogens is 294 g/mol. The van der Waals surface area contributed by atoms with Crippen LogP contribution in [-0.4, -0.2) is 77.5 Å². The average Bonchev–Trinajstić information content (AvgIpc) is 3.15. The molecule has 0 bridgehead atoms. The number of carbonyl (C=O) groups excluding carboxylic acids is 1. The van der Waals surface area contributed by atoms with Crippen molar-refractivity contribution in [3.63, 3.8) is 0 Å². The van der Waals surface area contributed by atoms with E-state index in [1.165, 1.54) is 25.8 Å². The first-order valence-electron chi connectivity index (χ1n) is 8.88. The molecule has 134 valence electrons. The summed E-state index contributed by atoms with van der Waals surface area (Å²) in [6.07, 6.45) is 2.98. The number of ether oxygens (including phenoxy) is 1. The molecule has 1 aliphatic carbocycles. The van der Waals surface area contributed by atoms with Gasteiger partial charge in [0.2, 0.25) is 0 Å². The summed E-state index contributed by atoms with van der Waals surface area (Å²) in [6, 6.07) is 1.35. The minimum atomic E-state index is -0.556. The van der Waals surface area contributed by atoms with Gasteiger partial charge in [0.1, 0.15) is 5.60 Å². The summed E-state index contributed by atoms with van der Waals surface area (Å²) in [4.78, 5) is 16.4. The largest absolute Gasteiger partial charge is 0.444 e. The Morgan fingerprint density at radius 3 is 2.65 bits per heavy atom. The van der Waals surface area contributed by atoms with Crippen molar-refractivity contribution in [3.05, 3.63) is 0 Å². The molecule has 1 amide bonds. The van der Waals surface area contributed by atoms with Crippen molar-refractivity contribution in [3.8, 4) is 0 Å². The third-order valence-electron chi connectivity index (χ3n) is 4.23. The first kappa shape index (κ1) is 18.5. The fourth-order valence-corrected chi connectivity index (χ4v) is 3.03. The minimum Gasteiger partial charge on any atom is -0.444 e. The van der Waals surface area contributed by atoms with E-state index in [1.807, 2.05) is 20.8 Å². The van der Waals surface area contributed by atoms with E-state index in [0.29, 0.717) is 19.1 Å². The molecule has 1 saturated carbocycles. The Bertz CT molecular complexity index is 391. The quantitative estimate of drug-likeness (QED) is 0.740. The number of nitrogens with one attached hydrogen (secondary N) is 1. The van der Waals surface area contributed by atoms with Crippen LogP contribution < -0.4 is 5.32 Å². The van der Waals surface area contributed by atoms with Gasteiger partial charge >= 0.3 is 6.09 Å². The van der Waals surface area contributed by atoms with Crippen LogP contribution in [0.15, 0.2) is 0 Å². The van der Waals surface area contributed by atoms with E-state index in [0.717, 1.165) is 19.1 Å². The van der Waals surface area contributed by atoms with Crippen molar-refractivity contribution in [2.24, 2.45) is 0 Å². The molecule has 0 radical (unpaired) electrons. The van der Waals surface area contributed by atoms with Crippen molar-refractivity contribution >= 4 is 6.09 Å². The second-order valence-corrected chi connectivity index (χ2v) is 7.94. The highest BCUT2D eigenvalue weighted by atomic mass is 16.6. The monoisotopic (exact) mass is 327 g/mol. The van der Waals surface area contributed by atoms with Crippen molar-refractivity contribution < 1.29 is 14.6 Å². The van der Waals surface area contributed by atoms with Crippen LogP contribution in [0.4, 0.5) is 4.79 Å². The van der Waals surface area contributed by atoms with Gasteiger partial charge in [0.25, 0.3) is 0 Å². The predicted octanol–water partition coefficient (Wildman–Crippen LogP) is 1.43. The molecule has 0 aromatic heterocycles. The average molecular weight is 327 g/mol. The number of rotatable bonds is 7. The van der Waals surface area contributed by atoms with Gasteiger partial charge in [-0.15, -0.1) is 0 Å². The van der Waals surface area contributed by atoms with E-state index in [-0.39, 0.29) is 6.09 Å². The van der Waals surface area contributed by atoms with Gasteiger partial charge in [0.15, 0.2) is 0 Å². The van der Waals surface area contributed by atoms with Gasteiger partial charge < -0.3 is 20.1 Å². The number of aliphatic hydroxyl groups is 1. The van der Waals surface area contributed by atoms with Crippen molar-refractivity contribution in [2.75, 3.05) is 32.7 Å². The summed E-state index contributed by atoms with van der Waals surface area (Å²) in [5, 5.41) is 13.1. The van der Waals surface area contributed by atoms with Crippen LogP contribution in [0.3, 0.4) is 0 Å². The van der Waals surface area contributed by atoms with Gasteiger partial charge in [0, 0.05) is 44.8 Å². The van der Waals surface area contributed by atoms with Gasteiger partial charge in [0.05, 0.1) is 6.10 Å². The van der Waals surface area contributed by atoms with Crippen molar-refractivity contribution in [2.45, 2.75) is 70.7 Å². The molecule has 6 heteroatoms. The van der Waals surface area contributed by atoms with E-state index in [2.05, 4.69) is 10.2 Å². The Morgan fingerprint density at radius 1 is 1.39 bits per heavy atom. The lowest BCUT2D eigenvalue weighted by Crippen LogP contribution is -2.45. The first-order valence-corrected chi connectivity index (χ1v) is 8.88. The first-order chi connectivity index (χ1) is 10.7. The zero-order chi connectivity index (χ0) is 17.0. The van der Waals surface area contributed by atoms with Crippen LogP contribution in [0.1, 0.15) is 47.0 Å². The molecule has 23 heavy (non-hydrogen) atoms. The lowest BCUT2D eigenvalue weighted by atomic mass is 10.2. The lowest BCUT2D eigenvalue weighted by molar-refractivity contribution is 0.0163. The Morgan fingerprint density at radius 2 is 2.09 bits per heavy atom. The highest BCUT2D eigenvalue weighted by Gasteiger charge is 2.34. The van der Waals surface area contributed by atoms with Gasteiger partial charge in [-0.1, -0.05) is 0 Å². The smallest absolute Gasteiger partial charge is 0.410 e. The normalized spacial score (nSPS) is 23.8. The van der Waals surface area contributed by atoms with E-state index in [1.54, 1.807) is 11.8 Å². The molecule has 6 nitrogen and oxygen atoms in total. The van der Waals surface area contributed by atoms with Crippen LogP contribution in [0, 0.1) is 0 Å². The number of hydrogen-bond acceptors (Lipinski definition) is 5. The molecule has 2 unspecified atom stereocenters. The maximum atomic E-state index is 12.2. The molecule has 2 rings (SSSR count). The molecule has 1 heterocycles. The fourth-order valence-electron chi connectivity index (χ4n) is 3.03. The summed E-state index contributed by atoms with van der Waals surface area (Å²) in [7, 11) is 0. The van der Waals surface area contributed by atoms with Gasteiger partial charge in [-0.3, -0.25) is 4.90 Å². The Kier molecular flexibility index (Phi) is 6.28. The predicted molar refractivity (Wildman–Crippen MR) is 90.5 cm³/mol. The maximum Gasteiger partial charge on any atom is 0.410 e. The number of nitrogens with zero attached hydrogens (tertiary/aromatic N) is 2. The van der Waals surface area contributed by atoms with Gasteiger partial charge in [-0.25, -0.2) is 4.79 Å². The van der Waals surface area contributed by atoms with Crippen LogP contribution >= 0.6 is 0 Å². The number of amides is 1. The summed E-state index contributed by atoms with van der Waals surface area (Å²) < 4.78 is 5.42. The Labute approximate surface area is 140 Å². The standard InChI is InChI=1S/C17H33N3O3/c1-13(21)11-20(16(22)23-17(2,3)4)10-8-18-14-7-9-19(12-14)15-5-6-15/h13-15,18,21H,5-12H2,1-4H3. The van der Waals surface area contributed by atoms with Crippen molar-refractivity contribution in [1.82, 2.24) is 15.1 Å². The molecular formula is C17H33N3O3. The lowest BCUT2D eigenvalue weighted by Gasteiger charge is -2.28. The molecule has 1 saturated heterocycles. The summed E-state index contributed by atoms with van der Waals surface area (Å²) in [6.45, 7) is 11.1. The topological polar surface area (TPSA) is 65.0 Å². The molecule has 0 aromatic rings. The van der Waals surface area contributed by atoms with E-state index < -0.39 is 11.7 Å². The molecule has 2 N–H and O–H groups in total. The number of aliphatic hydroxyl groups excluding tert-OH is 1. The third-order valence-corrected chi connectivity index (χ3v) is 4.23. The highest BCUT2D eigenvalue weighted by molar-refractivity contribution is 5.68. The zero-order valence-electron chi connectivity index (χ0n) is 15.0. The zero-order valence-corrected chi connectivity index (χ0v) is 15.0. The van der Waals surface area contributed by atoms with E-state index >= 15 is 0 Å². The van der Waals surface area contributed by atoms with E-state index in [9.17, 15) is 9.90 Å². The second kappa shape index (κ2) is 7.81. The summed E-state index contributed by atoms with van der Waals surface area (Å²) >= 11 is 0. The Hall–Kier alpha value is -0.850. The molecule has 0 aromatic carbocycles. The molecule has 0 spiro atoms. The molecule has 1 aliphatic heterocycles. The molecule has 2 atom stereocenters. The SMILES string of the molecule is CC(O)CN(CCNC1CCN(C2CC2)C1)C(=O)OC(C)(C)C. The fraction of sp³-hybridized carbons (Fsp3) is 0.941. The summed E-state index contributed by atoms with van der Waals surface area (Å²) in [5.41, 5.74) is -0.516. The number of carbonyl (C=O) groups is 1. The van der Waals surface area contributed by atoms with Crippen LogP contribution in [0.2, 0.25) is 0 Å². The van der Waals surface area contributed by atoms with Crippen molar-refractivity contribution in [1.29, 1.82) is 0 Å². The Balaban J connectivity index is 1.73. The third kappa shape index (κ3) is 6.65. The van der Waals surface area contributed by atoms with Gasteiger partial charge in [-0.05, 0) is 47.0 Å². The number of likely N-dealkylation sites (tertiary alicyclic amines) is 1. The van der Waals surface area contributed by atoms with E-state index in [4.69, 9.17) is 4.74 Å². The van der Waals surface area contributed by atoms with Crippen LogP contribution in [-0.2, 0) is 4.74 Å². The minimum absolute atomic E-state index is 0.301. The molecule has 2 aliphatic rings. The number of hydrogen-bond donors (Lipinski definition) is 2. The van der Waals surface area contributed by atoms with Gasteiger partial charge in [-0.2, -0.15) is 0 Å². The second-order valence-electron chi connectivity index (χ2n) is 7.94.